The molecule has 2 aromatic rings. The zero-order valence-electron chi connectivity index (χ0n) is 16.1. The third kappa shape index (κ3) is 14.1. The van der Waals surface area contributed by atoms with Gasteiger partial charge < -0.3 is 4.42 Å². The summed E-state index contributed by atoms with van der Waals surface area (Å²) in [5.41, 5.74) is 2.07. The van der Waals surface area contributed by atoms with Crippen molar-refractivity contribution in [2.24, 2.45) is 16.2 Å². The summed E-state index contributed by atoms with van der Waals surface area (Å²) in [7, 11) is 0. The summed E-state index contributed by atoms with van der Waals surface area (Å²) >= 11 is 3.76. The van der Waals surface area contributed by atoms with Crippen molar-refractivity contribution in [1.29, 1.82) is 0 Å². The molecule has 0 radical (unpaired) electrons. The molecule has 0 spiro atoms. The van der Waals surface area contributed by atoms with Crippen molar-refractivity contribution in [2.75, 3.05) is 0 Å². The van der Waals surface area contributed by atoms with E-state index in [1.54, 1.807) is 12.5 Å². The molecule has 0 N–H and O–H groups in total. The van der Waals surface area contributed by atoms with E-state index in [4.69, 9.17) is 4.42 Å². The van der Waals surface area contributed by atoms with E-state index in [1.165, 1.54) is 0 Å². The zero-order valence-corrected chi connectivity index (χ0v) is 17.0. The highest BCUT2D eigenvalue weighted by atomic mass is 32.1. The second-order valence-electron chi connectivity index (χ2n) is 6.22. The van der Waals surface area contributed by atoms with Crippen LogP contribution in [0.2, 0.25) is 0 Å². The minimum absolute atomic E-state index is 0.764. The summed E-state index contributed by atoms with van der Waals surface area (Å²) in [6, 6.07) is 7.96. The molecule has 3 heteroatoms. The van der Waals surface area contributed by atoms with Gasteiger partial charge in [0, 0.05) is 23.6 Å². The van der Waals surface area contributed by atoms with E-state index in [9.17, 15) is 0 Å². The second kappa shape index (κ2) is 15.7. The minimum atomic E-state index is 0.764. The van der Waals surface area contributed by atoms with Crippen molar-refractivity contribution in [1.82, 2.24) is 0 Å². The van der Waals surface area contributed by atoms with Crippen LogP contribution >= 0.6 is 12.8 Å². The lowest BCUT2D eigenvalue weighted by atomic mass is 10.1. The second-order valence-corrected chi connectivity index (χ2v) is 6.45. The number of fused-ring (bicyclic) bond motifs is 1. The molecule has 0 bridgehead atoms. The number of para-hydroxylation sites is 1. The summed E-state index contributed by atoms with van der Waals surface area (Å²) in [6.07, 6.45) is 4.28. The SMILES string of the molecule is CC.CC(C)C.CC(C)C.S/N=C/Cc1coc2ccccc12. The Labute approximate surface area is 148 Å². The standard InChI is InChI=1S/C10H9NOS.2C4H10.C2H6/c13-11-6-5-8-7-12-10-4-2-1-3-9(8)10;2*1-4(2)3;1-2/h1-4,6-7,13H,5H2;2*4H,1-3H3;1-2H3/b11-6+;;;. The van der Waals surface area contributed by atoms with Gasteiger partial charge in [-0.15, -0.1) is 0 Å². The van der Waals surface area contributed by atoms with E-state index in [0.717, 1.165) is 34.8 Å². The molecule has 0 atom stereocenters. The first-order chi connectivity index (χ1) is 10.9. The monoisotopic (exact) mass is 337 g/mol. The highest BCUT2D eigenvalue weighted by molar-refractivity contribution is 7.78. The highest BCUT2D eigenvalue weighted by Gasteiger charge is 2.02. The summed E-state index contributed by atoms with van der Waals surface area (Å²) in [5, 5.41) is 1.15. The van der Waals surface area contributed by atoms with Gasteiger partial charge in [0.1, 0.15) is 5.58 Å². The summed E-state index contributed by atoms with van der Waals surface area (Å²) in [6.45, 7) is 17.0. The molecular weight excluding hydrogens is 302 g/mol. The van der Waals surface area contributed by atoms with E-state index < -0.39 is 0 Å². The van der Waals surface area contributed by atoms with Crippen LogP contribution in [0.5, 0.6) is 0 Å². The van der Waals surface area contributed by atoms with Crippen LogP contribution in [0.3, 0.4) is 0 Å². The smallest absolute Gasteiger partial charge is 0.134 e. The fraction of sp³-hybridized carbons (Fsp3) is 0.550. The van der Waals surface area contributed by atoms with Gasteiger partial charge in [0.15, 0.2) is 0 Å². The van der Waals surface area contributed by atoms with Gasteiger partial charge >= 0.3 is 0 Å². The van der Waals surface area contributed by atoms with Gasteiger partial charge in [-0.2, -0.15) is 0 Å². The van der Waals surface area contributed by atoms with Gasteiger partial charge in [-0.1, -0.05) is 73.6 Å². The van der Waals surface area contributed by atoms with Crippen LogP contribution in [0.1, 0.15) is 61.0 Å². The normalized spacial score (nSPS) is 9.87. The molecule has 0 aliphatic carbocycles. The van der Waals surface area contributed by atoms with Crippen LogP contribution in [0, 0.1) is 11.8 Å². The van der Waals surface area contributed by atoms with Gasteiger partial charge in [-0.3, -0.25) is 0 Å². The van der Waals surface area contributed by atoms with Crippen LogP contribution in [0.4, 0.5) is 0 Å². The molecule has 0 aliphatic heterocycles. The molecule has 0 amide bonds. The molecule has 132 valence electrons. The van der Waals surface area contributed by atoms with Crippen molar-refractivity contribution in [3.8, 4) is 0 Å². The molecule has 0 unspecified atom stereocenters. The van der Waals surface area contributed by atoms with Crippen LogP contribution < -0.4 is 0 Å². The van der Waals surface area contributed by atoms with Crippen LogP contribution in [-0.4, -0.2) is 6.21 Å². The fourth-order valence-corrected chi connectivity index (χ4v) is 1.41. The van der Waals surface area contributed by atoms with E-state index in [1.807, 2.05) is 38.1 Å². The highest BCUT2D eigenvalue weighted by Crippen LogP contribution is 2.20. The van der Waals surface area contributed by atoms with Crippen molar-refractivity contribution < 1.29 is 4.42 Å². The Kier molecular flexibility index (Phi) is 16.4. The number of hydrogen-bond donors (Lipinski definition) is 1. The van der Waals surface area contributed by atoms with Crippen LogP contribution in [0.15, 0.2) is 39.3 Å². The summed E-state index contributed by atoms with van der Waals surface area (Å²) in [5.74, 6) is 1.67. The average molecular weight is 338 g/mol. The Hall–Kier alpha value is -1.22. The predicted octanol–water partition coefficient (Wildman–Crippen LogP) is 7.24. The van der Waals surface area contributed by atoms with Gasteiger partial charge in [-0.05, 0) is 30.7 Å². The molecule has 1 heterocycles. The van der Waals surface area contributed by atoms with Gasteiger partial charge in [0.2, 0.25) is 0 Å². The number of benzene rings is 1. The molecule has 0 aliphatic rings. The maximum atomic E-state index is 5.36. The Bertz CT molecular complexity index is 504. The van der Waals surface area contributed by atoms with Crippen molar-refractivity contribution in [3.05, 3.63) is 36.1 Å². The van der Waals surface area contributed by atoms with Crippen molar-refractivity contribution >= 4 is 30.0 Å². The fourth-order valence-electron chi connectivity index (χ4n) is 1.33. The molecule has 0 saturated heterocycles. The molecular formula is C20H35NOS. The van der Waals surface area contributed by atoms with Crippen molar-refractivity contribution in [2.45, 2.75) is 61.8 Å². The first-order valence-electron chi connectivity index (χ1n) is 8.49. The molecule has 1 aromatic heterocycles. The maximum absolute atomic E-state index is 5.36. The Morgan fingerprint density at radius 3 is 1.96 bits per heavy atom. The number of furan rings is 1. The molecule has 2 nitrogen and oxygen atoms in total. The predicted molar refractivity (Wildman–Crippen MR) is 110 cm³/mol. The lowest BCUT2D eigenvalue weighted by molar-refractivity contribution is 0.612. The van der Waals surface area contributed by atoms with Gasteiger partial charge in [-0.25, -0.2) is 4.40 Å². The lowest BCUT2D eigenvalue weighted by Gasteiger charge is -1.89. The van der Waals surface area contributed by atoms with E-state index in [0.29, 0.717) is 0 Å². The van der Waals surface area contributed by atoms with Crippen LogP contribution in [-0.2, 0) is 6.42 Å². The molecule has 1 aromatic carbocycles. The van der Waals surface area contributed by atoms with E-state index >= 15 is 0 Å². The Balaban J connectivity index is 0. The maximum Gasteiger partial charge on any atom is 0.134 e. The summed E-state index contributed by atoms with van der Waals surface area (Å²) < 4.78 is 9.00. The first kappa shape index (κ1) is 24.0. The first-order valence-corrected chi connectivity index (χ1v) is 8.89. The molecule has 23 heavy (non-hydrogen) atoms. The van der Waals surface area contributed by atoms with Gasteiger partial charge in [0.25, 0.3) is 0 Å². The topological polar surface area (TPSA) is 25.5 Å². The molecule has 0 fully saturated rings. The molecule has 2 rings (SSSR count). The Morgan fingerprint density at radius 2 is 1.48 bits per heavy atom. The van der Waals surface area contributed by atoms with E-state index in [-0.39, 0.29) is 0 Å². The van der Waals surface area contributed by atoms with Crippen molar-refractivity contribution in [3.63, 3.8) is 0 Å². The minimum Gasteiger partial charge on any atom is -0.464 e. The lowest BCUT2D eigenvalue weighted by Crippen LogP contribution is -1.81. The third-order valence-electron chi connectivity index (χ3n) is 1.95. The van der Waals surface area contributed by atoms with Gasteiger partial charge in [0.05, 0.1) is 6.26 Å². The van der Waals surface area contributed by atoms with E-state index in [2.05, 4.69) is 58.8 Å². The number of thiol groups is 1. The third-order valence-corrected chi connectivity index (χ3v) is 2.12. The quantitative estimate of drug-likeness (QED) is 0.453. The Morgan fingerprint density at radius 1 is 1.00 bits per heavy atom. The number of hydrogen-bond acceptors (Lipinski definition) is 3. The average Bonchev–Trinajstić information content (AvgIpc) is 2.89. The largest absolute Gasteiger partial charge is 0.464 e. The molecule has 0 saturated carbocycles. The number of rotatable bonds is 2. The van der Waals surface area contributed by atoms with Crippen LogP contribution in [0.25, 0.3) is 11.0 Å². The summed E-state index contributed by atoms with van der Waals surface area (Å²) in [4.78, 5) is 0. The number of nitrogens with zero attached hydrogens (tertiary/aromatic N) is 1. The zero-order chi connectivity index (χ0) is 18.3.